The number of rotatable bonds is 12. The highest BCUT2D eigenvalue weighted by atomic mass is 32.2. The molecule has 0 aliphatic carbocycles. The first-order valence-electron chi connectivity index (χ1n) is 8.55. The van der Waals surface area contributed by atoms with Crippen LogP contribution in [0.5, 0.6) is 0 Å². The molecule has 0 aromatic rings. The van der Waals surface area contributed by atoms with E-state index in [1.807, 2.05) is 14.1 Å². The number of hydrogen-bond donors (Lipinski definition) is 2. The van der Waals surface area contributed by atoms with Crippen LogP contribution >= 0.6 is 0 Å². The second-order valence-corrected chi connectivity index (χ2v) is 8.13. The van der Waals surface area contributed by atoms with E-state index in [1.165, 1.54) is 0 Å². The second kappa shape index (κ2) is 12.5. The van der Waals surface area contributed by atoms with Gasteiger partial charge in [-0.25, -0.2) is 39.5 Å². The summed E-state index contributed by atoms with van der Waals surface area (Å²) in [7, 11) is -3.28. The quantitative estimate of drug-likeness (QED) is 0.249. The Morgan fingerprint density at radius 2 is 0.861 bits per heavy atom. The Bertz CT molecular complexity index is 783. The number of hydrogen-bond acceptors (Lipinski definition) is 3. The molecule has 36 heavy (non-hydrogen) atoms. The summed E-state index contributed by atoms with van der Waals surface area (Å²) < 4.78 is 250. The normalized spacial score (nSPS) is 20.0. The molecule has 0 aromatic heterocycles. The van der Waals surface area contributed by atoms with E-state index < -0.39 is 82.8 Å². The molecule has 0 heterocycles. The van der Waals surface area contributed by atoms with Crippen LogP contribution in [0.2, 0.25) is 0 Å². The van der Waals surface area contributed by atoms with Crippen molar-refractivity contribution in [3.63, 3.8) is 0 Å². The lowest BCUT2D eigenvalue weighted by Gasteiger charge is -2.39. The van der Waals surface area contributed by atoms with Crippen LogP contribution in [-0.2, 0) is 10.1 Å². The van der Waals surface area contributed by atoms with Crippen LogP contribution in [0.4, 0.5) is 74.6 Å². The van der Waals surface area contributed by atoms with E-state index in [4.69, 9.17) is 4.55 Å². The summed E-state index contributed by atoms with van der Waals surface area (Å²) >= 11 is 0. The van der Waals surface area contributed by atoms with Crippen molar-refractivity contribution in [2.45, 2.75) is 72.6 Å². The maximum atomic E-state index is 13.5. The molecular weight excluding hydrogens is 585 g/mol. The molecule has 0 saturated carbocycles. The van der Waals surface area contributed by atoms with Crippen LogP contribution in [0.1, 0.15) is 0 Å². The Morgan fingerprint density at radius 1 is 0.583 bits per heavy atom. The molecule has 0 radical (unpaired) electrons. The van der Waals surface area contributed by atoms with Crippen molar-refractivity contribution in [3.05, 3.63) is 0 Å². The summed E-state index contributed by atoms with van der Waals surface area (Å²) in [6.07, 6.45) is -33.9. The summed E-state index contributed by atoms with van der Waals surface area (Å²) in [6.45, 7) is 0. The first-order valence-corrected chi connectivity index (χ1v) is 10.1. The molecule has 22 heteroatoms. The van der Waals surface area contributed by atoms with Gasteiger partial charge in [0.25, 0.3) is 11.9 Å². The zero-order chi connectivity index (χ0) is 29.8. The fourth-order valence-corrected chi connectivity index (χ4v) is 2.47. The van der Waals surface area contributed by atoms with Crippen molar-refractivity contribution >= 4 is 10.1 Å². The van der Waals surface area contributed by atoms with Crippen molar-refractivity contribution in [3.8, 4) is 0 Å². The van der Waals surface area contributed by atoms with Gasteiger partial charge in [0.15, 0.2) is 30.9 Å². The summed E-state index contributed by atoms with van der Waals surface area (Å²) in [5.74, 6) is -31.2. The van der Waals surface area contributed by atoms with Gasteiger partial charge in [0.1, 0.15) is 0 Å². The molecule has 0 aromatic carbocycles. The first kappa shape index (κ1) is 36.8. The molecule has 0 amide bonds. The van der Waals surface area contributed by atoms with E-state index in [9.17, 15) is 83.1 Å². The summed E-state index contributed by atoms with van der Waals surface area (Å²) in [4.78, 5) is 0. The van der Waals surface area contributed by atoms with Crippen molar-refractivity contribution in [2.75, 3.05) is 14.1 Å². The molecular formula is C14H16F17NO3S. The summed E-state index contributed by atoms with van der Waals surface area (Å²) in [5.41, 5.74) is -5.76. The monoisotopic (exact) mass is 601 g/mol. The maximum absolute atomic E-state index is 13.5. The van der Waals surface area contributed by atoms with Gasteiger partial charge in [-0.05, 0) is 14.1 Å². The molecule has 0 fully saturated rings. The molecule has 7 unspecified atom stereocenters. The van der Waals surface area contributed by atoms with E-state index in [1.54, 1.807) is 0 Å². The highest BCUT2D eigenvalue weighted by molar-refractivity contribution is 7.86. The van der Waals surface area contributed by atoms with E-state index in [2.05, 4.69) is 5.32 Å². The number of alkyl halides is 17. The number of halogens is 17. The van der Waals surface area contributed by atoms with Gasteiger partial charge in [0.2, 0.25) is 6.17 Å². The minimum atomic E-state index is -8.05. The van der Waals surface area contributed by atoms with Crippen molar-refractivity contribution in [1.82, 2.24) is 5.32 Å². The van der Waals surface area contributed by atoms with Gasteiger partial charge in [-0.2, -0.15) is 43.5 Å². The molecule has 0 rings (SSSR count). The van der Waals surface area contributed by atoms with Crippen molar-refractivity contribution in [2.24, 2.45) is 0 Å². The van der Waals surface area contributed by atoms with Crippen molar-refractivity contribution in [1.29, 1.82) is 0 Å². The van der Waals surface area contributed by atoms with Crippen LogP contribution < -0.4 is 5.32 Å². The van der Waals surface area contributed by atoms with Gasteiger partial charge in [-0.15, -0.1) is 0 Å². The van der Waals surface area contributed by atoms with Crippen molar-refractivity contribution < 1.29 is 87.6 Å². The van der Waals surface area contributed by atoms with Crippen LogP contribution in [0.3, 0.4) is 0 Å². The molecule has 220 valence electrons. The lowest BCUT2D eigenvalue weighted by Crippen LogP contribution is -2.69. The average Bonchev–Trinajstić information content (AvgIpc) is 2.74. The third kappa shape index (κ3) is 7.16. The third-order valence-electron chi connectivity index (χ3n) is 3.86. The molecule has 0 saturated heterocycles. The van der Waals surface area contributed by atoms with Crippen LogP contribution in [0.15, 0.2) is 0 Å². The standard InChI is InChI=1S/C12H9F17O3S.C2H7N/c13-1(3(15)5(17)7(19)20)2(14)4(16)6(18)9(22,23)11(26,27)12(28,29)10(24,25)8(21)33(30,31)32;1-3-2/h1-8H,(H,30,31,32);3H,1-2H3. The topological polar surface area (TPSA) is 66.4 Å². The molecule has 0 bridgehead atoms. The van der Waals surface area contributed by atoms with Gasteiger partial charge in [0, 0.05) is 0 Å². The smallest absolute Gasteiger partial charge is 0.323 e. The zero-order valence-corrected chi connectivity index (χ0v) is 18.0. The largest absolute Gasteiger partial charge is 0.382 e. The Balaban J connectivity index is 0. The van der Waals surface area contributed by atoms with Crippen LogP contribution in [0, 0.1) is 0 Å². The molecule has 0 aliphatic heterocycles. The predicted molar refractivity (Wildman–Crippen MR) is 86.6 cm³/mol. The molecule has 4 nitrogen and oxygen atoms in total. The Morgan fingerprint density at radius 3 is 1.17 bits per heavy atom. The predicted octanol–water partition coefficient (Wildman–Crippen LogP) is 4.84. The Hall–Kier alpha value is -1.32. The highest BCUT2D eigenvalue weighted by Crippen LogP contribution is 2.56. The SMILES string of the molecule is CNC.O=S(=O)(O)C(F)C(F)(F)C(F)(F)C(F)(F)C(F)(F)C(F)C(F)C(F)C(F)C(F)C(F)C(F)F. The van der Waals surface area contributed by atoms with E-state index >= 15 is 0 Å². The first-order chi connectivity index (χ1) is 15.7. The molecule has 0 aliphatic rings. The van der Waals surface area contributed by atoms with Gasteiger partial charge < -0.3 is 5.32 Å². The van der Waals surface area contributed by atoms with E-state index in [0.29, 0.717) is 0 Å². The molecule has 0 spiro atoms. The van der Waals surface area contributed by atoms with E-state index in [-0.39, 0.29) is 0 Å². The highest BCUT2D eigenvalue weighted by Gasteiger charge is 2.85. The summed E-state index contributed by atoms with van der Waals surface area (Å²) in [5, 5.41) is 2.75. The maximum Gasteiger partial charge on any atom is 0.382 e. The van der Waals surface area contributed by atoms with Gasteiger partial charge in [-0.1, -0.05) is 0 Å². The zero-order valence-electron chi connectivity index (χ0n) is 17.2. The Labute approximate surface area is 190 Å². The van der Waals surface area contributed by atoms with Crippen LogP contribution in [-0.4, -0.2) is 99.7 Å². The van der Waals surface area contributed by atoms with Gasteiger partial charge >= 0.3 is 33.8 Å². The average molecular weight is 601 g/mol. The van der Waals surface area contributed by atoms with E-state index in [0.717, 1.165) is 0 Å². The molecule has 7 atom stereocenters. The second-order valence-electron chi connectivity index (χ2n) is 6.68. The minimum absolute atomic E-state index is 1.88. The fourth-order valence-electron chi connectivity index (χ4n) is 1.95. The lowest BCUT2D eigenvalue weighted by molar-refractivity contribution is -0.382. The fraction of sp³-hybridized carbons (Fsp3) is 1.00. The molecule has 2 N–H and O–H groups in total. The number of nitrogens with one attached hydrogen (secondary N) is 1. The third-order valence-corrected chi connectivity index (χ3v) is 4.68. The van der Waals surface area contributed by atoms with Gasteiger partial charge in [-0.3, -0.25) is 4.55 Å². The lowest BCUT2D eigenvalue weighted by atomic mass is 9.91. The minimum Gasteiger partial charge on any atom is -0.323 e. The summed E-state index contributed by atoms with van der Waals surface area (Å²) in [6, 6.07) is 0. The Kier molecular flexibility index (Phi) is 12.8. The van der Waals surface area contributed by atoms with Crippen LogP contribution in [0.25, 0.3) is 0 Å². The van der Waals surface area contributed by atoms with Gasteiger partial charge in [0.05, 0.1) is 0 Å².